The molecular formula is C39H55FN8O. The number of ether oxygens (including phenoxy) is 1. The zero-order chi connectivity index (χ0) is 34.5. The molecule has 3 aromatic rings. The van der Waals surface area contributed by atoms with Crippen molar-refractivity contribution in [3.63, 3.8) is 0 Å². The number of halogens is 1. The Kier molecular flexibility index (Phi) is 16.7. The van der Waals surface area contributed by atoms with E-state index in [0.29, 0.717) is 32.7 Å². The number of rotatable bonds is 21. The van der Waals surface area contributed by atoms with Crippen molar-refractivity contribution in [2.45, 2.75) is 70.9 Å². The largest absolute Gasteiger partial charge is 0.494 e. The number of aliphatic imine (C=N–C) groups is 1. The summed E-state index contributed by atoms with van der Waals surface area (Å²) in [4.78, 5) is 17.6. The first-order valence-electron chi connectivity index (χ1n) is 18.0. The second-order valence-electron chi connectivity index (χ2n) is 13.0. The van der Waals surface area contributed by atoms with Gasteiger partial charge in [0.1, 0.15) is 17.4 Å². The molecule has 0 spiro atoms. The van der Waals surface area contributed by atoms with Crippen LogP contribution in [0, 0.1) is 17.3 Å². The van der Waals surface area contributed by atoms with Gasteiger partial charge in [0.05, 0.1) is 6.61 Å². The lowest BCUT2D eigenvalue weighted by atomic mass is 10.1. The minimum absolute atomic E-state index is 0.219. The van der Waals surface area contributed by atoms with E-state index in [9.17, 15) is 9.65 Å². The molecule has 0 aliphatic carbocycles. The third-order valence-electron chi connectivity index (χ3n) is 8.93. The van der Waals surface area contributed by atoms with E-state index in [-0.39, 0.29) is 11.8 Å². The quantitative estimate of drug-likeness (QED) is 0.0442. The van der Waals surface area contributed by atoms with Crippen LogP contribution in [0.4, 0.5) is 10.2 Å². The standard InChI is InChI=1S/C39H55FN8O/c1-45(27-28-47(38-16-6-8-21-43-38)32-34-17-19-36(40)20-18-34)23-9-4-2-3-7-22-44-39(42)48(33-41)26-13-29-49-37-15-12-14-35(30-37)31-46-24-10-5-11-25-46/h6,8,12,14-21,30H,2-5,7,9-11,13,22-29,31-32H2,1H3,(H2,42,44). The van der Waals surface area contributed by atoms with Crippen molar-refractivity contribution in [3.05, 3.63) is 89.9 Å². The maximum absolute atomic E-state index is 13.4. The van der Waals surface area contributed by atoms with Crippen LogP contribution in [-0.2, 0) is 13.1 Å². The molecule has 2 heterocycles. The maximum Gasteiger partial charge on any atom is 0.204 e. The van der Waals surface area contributed by atoms with Crippen LogP contribution >= 0.6 is 0 Å². The molecule has 10 heteroatoms. The van der Waals surface area contributed by atoms with Crippen molar-refractivity contribution in [1.82, 2.24) is 19.7 Å². The van der Waals surface area contributed by atoms with Crippen molar-refractivity contribution in [2.24, 2.45) is 10.7 Å². The van der Waals surface area contributed by atoms with Crippen LogP contribution in [0.1, 0.15) is 68.9 Å². The van der Waals surface area contributed by atoms with Gasteiger partial charge in [0, 0.05) is 51.9 Å². The highest BCUT2D eigenvalue weighted by molar-refractivity contribution is 5.79. The molecule has 1 saturated heterocycles. The van der Waals surface area contributed by atoms with Gasteiger partial charge in [-0.25, -0.2) is 14.3 Å². The maximum atomic E-state index is 13.4. The van der Waals surface area contributed by atoms with Crippen LogP contribution in [0.15, 0.2) is 77.9 Å². The summed E-state index contributed by atoms with van der Waals surface area (Å²) < 4.78 is 19.4. The highest BCUT2D eigenvalue weighted by Gasteiger charge is 2.12. The number of guanidine groups is 1. The number of likely N-dealkylation sites (tertiary alicyclic amines) is 1. The monoisotopic (exact) mass is 670 g/mol. The van der Waals surface area contributed by atoms with Gasteiger partial charge >= 0.3 is 0 Å². The van der Waals surface area contributed by atoms with Gasteiger partial charge in [-0.05, 0) is 99.9 Å². The lowest BCUT2D eigenvalue weighted by Crippen LogP contribution is -2.35. The minimum Gasteiger partial charge on any atom is -0.494 e. The molecule has 264 valence electrons. The lowest BCUT2D eigenvalue weighted by molar-refractivity contribution is 0.220. The normalized spacial score (nSPS) is 13.7. The van der Waals surface area contributed by atoms with Gasteiger partial charge in [-0.2, -0.15) is 5.26 Å². The van der Waals surface area contributed by atoms with Gasteiger partial charge in [-0.15, -0.1) is 0 Å². The smallest absolute Gasteiger partial charge is 0.204 e. The number of benzene rings is 2. The molecule has 0 saturated carbocycles. The number of anilines is 1. The van der Waals surface area contributed by atoms with E-state index in [1.54, 1.807) is 0 Å². The molecule has 0 amide bonds. The molecule has 0 bridgehead atoms. The zero-order valence-corrected chi connectivity index (χ0v) is 29.4. The molecular weight excluding hydrogens is 615 g/mol. The van der Waals surface area contributed by atoms with Gasteiger partial charge in [0.15, 0.2) is 6.19 Å². The summed E-state index contributed by atoms with van der Waals surface area (Å²) in [6.45, 7) is 8.42. The van der Waals surface area contributed by atoms with Crippen LogP contribution < -0.4 is 15.4 Å². The number of unbranched alkanes of at least 4 members (excludes halogenated alkanes) is 4. The van der Waals surface area contributed by atoms with Crippen LogP contribution in [0.2, 0.25) is 0 Å². The molecule has 49 heavy (non-hydrogen) atoms. The first-order valence-corrected chi connectivity index (χ1v) is 18.0. The SMILES string of the molecule is CN(CCCCCCCN=C(N)N(C#N)CCCOc1cccc(CN2CCCCC2)c1)CCN(Cc1ccc(F)cc1)c1ccccn1. The fourth-order valence-corrected chi connectivity index (χ4v) is 6.07. The average molecular weight is 671 g/mol. The van der Waals surface area contributed by atoms with Crippen molar-refractivity contribution < 1.29 is 9.13 Å². The summed E-state index contributed by atoms with van der Waals surface area (Å²) in [6, 6.07) is 21.0. The number of nitrogens with two attached hydrogens (primary N) is 1. The molecule has 1 aromatic heterocycles. The summed E-state index contributed by atoms with van der Waals surface area (Å²) >= 11 is 0. The van der Waals surface area contributed by atoms with Gasteiger partial charge in [-0.1, -0.05) is 56.0 Å². The molecule has 9 nitrogen and oxygen atoms in total. The van der Waals surface area contributed by atoms with E-state index in [1.807, 2.05) is 42.6 Å². The summed E-state index contributed by atoms with van der Waals surface area (Å²) in [7, 11) is 2.16. The van der Waals surface area contributed by atoms with E-state index < -0.39 is 0 Å². The number of nitriles is 1. The summed E-state index contributed by atoms with van der Waals surface area (Å²) in [5.74, 6) is 1.86. The Morgan fingerprint density at radius 1 is 0.898 bits per heavy atom. The Labute approximate surface area is 293 Å². The van der Waals surface area contributed by atoms with Crippen LogP contribution in [-0.4, -0.2) is 85.1 Å². The highest BCUT2D eigenvalue weighted by Crippen LogP contribution is 2.18. The number of hydrogen-bond donors (Lipinski definition) is 1. The van der Waals surface area contributed by atoms with E-state index in [4.69, 9.17) is 10.5 Å². The lowest BCUT2D eigenvalue weighted by Gasteiger charge is -2.27. The van der Waals surface area contributed by atoms with Gasteiger partial charge in [0.25, 0.3) is 0 Å². The third kappa shape index (κ3) is 14.4. The summed E-state index contributed by atoms with van der Waals surface area (Å²) in [5.41, 5.74) is 8.48. The van der Waals surface area contributed by atoms with E-state index in [1.165, 1.54) is 54.9 Å². The van der Waals surface area contributed by atoms with E-state index in [2.05, 4.69) is 56.1 Å². The van der Waals surface area contributed by atoms with Crippen molar-refractivity contribution in [1.29, 1.82) is 5.26 Å². The zero-order valence-electron chi connectivity index (χ0n) is 29.4. The van der Waals surface area contributed by atoms with Gasteiger partial charge in [-0.3, -0.25) is 9.89 Å². The number of piperidine rings is 1. The van der Waals surface area contributed by atoms with Gasteiger partial charge < -0.3 is 20.3 Å². The van der Waals surface area contributed by atoms with Gasteiger partial charge in [0.2, 0.25) is 5.96 Å². The molecule has 0 atom stereocenters. The fourth-order valence-electron chi connectivity index (χ4n) is 6.07. The molecule has 1 fully saturated rings. The Bertz CT molecular complexity index is 1410. The first kappa shape index (κ1) is 37.6. The third-order valence-corrected chi connectivity index (χ3v) is 8.93. The van der Waals surface area contributed by atoms with Crippen LogP contribution in [0.5, 0.6) is 5.75 Å². The number of pyridine rings is 1. The Hall–Kier alpha value is -4.20. The Morgan fingerprint density at radius 2 is 1.69 bits per heavy atom. The van der Waals surface area contributed by atoms with E-state index >= 15 is 0 Å². The van der Waals surface area contributed by atoms with Crippen LogP contribution in [0.25, 0.3) is 0 Å². The average Bonchev–Trinajstić information content (AvgIpc) is 3.13. The number of hydrogen-bond acceptors (Lipinski definition) is 7. The second kappa shape index (κ2) is 21.7. The number of nitrogens with zero attached hydrogens (tertiary/aromatic N) is 7. The number of aromatic nitrogens is 1. The molecule has 1 aliphatic rings. The highest BCUT2D eigenvalue weighted by atomic mass is 19.1. The summed E-state index contributed by atoms with van der Waals surface area (Å²) in [6.07, 6.45) is 14.1. The summed E-state index contributed by atoms with van der Waals surface area (Å²) in [5, 5.41) is 9.60. The topological polar surface area (TPSA) is 97.2 Å². The van der Waals surface area contributed by atoms with Crippen molar-refractivity contribution >= 4 is 11.8 Å². The predicted octanol–water partition coefficient (Wildman–Crippen LogP) is 6.66. The Balaban J connectivity index is 1.05. The molecule has 1 aliphatic heterocycles. The fraction of sp³-hybridized carbons (Fsp3) is 0.513. The van der Waals surface area contributed by atoms with E-state index in [0.717, 1.165) is 75.4 Å². The second-order valence-corrected chi connectivity index (χ2v) is 13.0. The molecule has 2 N–H and O–H groups in total. The number of likely N-dealkylation sites (N-methyl/N-ethyl adjacent to an activating group) is 1. The molecule has 0 unspecified atom stereocenters. The van der Waals surface area contributed by atoms with Crippen molar-refractivity contribution in [3.8, 4) is 11.9 Å². The minimum atomic E-state index is -0.219. The molecule has 4 rings (SSSR count). The Morgan fingerprint density at radius 3 is 2.47 bits per heavy atom. The van der Waals surface area contributed by atoms with Crippen LogP contribution in [0.3, 0.4) is 0 Å². The first-order chi connectivity index (χ1) is 24.0. The predicted molar refractivity (Wildman–Crippen MR) is 197 cm³/mol. The molecule has 0 radical (unpaired) electrons. The molecule has 2 aromatic carbocycles. The van der Waals surface area contributed by atoms with Crippen molar-refractivity contribution in [2.75, 3.05) is 64.4 Å².